The summed E-state index contributed by atoms with van der Waals surface area (Å²) in [5, 5.41) is 23.4. The zero-order valence-electron chi connectivity index (χ0n) is 6.43. The van der Waals surface area contributed by atoms with Crippen molar-refractivity contribution in [1.29, 1.82) is 0 Å². The van der Waals surface area contributed by atoms with E-state index in [0.717, 1.165) is 0 Å². The molecule has 1 atom stereocenters. The van der Waals surface area contributed by atoms with E-state index in [1.54, 1.807) is 0 Å². The molecule has 7 heteroatoms. The predicted octanol–water partition coefficient (Wildman–Crippen LogP) is -1.10. The van der Waals surface area contributed by atoms with E-state index in [-0.39, 0.29) is 19.0 Å². The van der Waals surface area contributed by atoms with Gasteiger partial charge in [0.2, 0.25) is 0 Å². The number of nitrogens with two attached hydrogens (primary N) is 1. The SMILES string of the molecule is CC(O)C(=O)O.Cl.NCC(=O)O. The lowest BCUT2D eigenvalue weighted by Crippen LogP contribution is -2.13. The zero-order chi connectivity index (χ0) is 9.44. The highest BCUT2D eigenvalue weighted by Gasteiger charge is 2.01. The Kier molecular flexibility index (Phi) is 14.6. The Hall–Kier alpha value is -0.850. The van der Waals surface area contributed by atoms with Crippen LogP contribution in [-0.2, 0) is 9.59 Å². The highest BCUT2D eigenvalue weighted by Crippen LogP contribution is 1.73. The van der Waals surface area contributed by atoms with Gasteiger partial charge in [-0.05, 0) is 6.92 Å². The summed E-state index contributed by atoms with van der Waals surface area (Å²) in [7, 11) is 0. The molecule has 0 heterocycles. The fourth-order valence-corrected chi connectivity index (χ4v) is 0. The highest BCUT2D eigenvalue weighted by molar-refractivity contribution is 5.85. The molecule has 0 radical (unpaired) electrons. The van der Waals surface area contributed by atoms with Crippen molar-refractivity contribution in [2.45, 2.75) is 13.0 Å². The van der Waals surface area contributed by atoms with Crippen molar-refractivity contribution in [3.05, 3.63) is 0 Å². The second kappa shape index (κ2) is 10.2. The van der Waals surface area contributed by atoms with Crippen molar-refractivity contribution in [2.75, 3.05) is 6.54 Å². The summed E-state index contributed by atoms with van der Waals surface area (Å²) in [6.07, 6.45) is -1.23. The molecule has 0 saturated carbocycles. The molecule has 1 unspecified atom stereocenters. The van der Waals surface area contributed by atoms with E-state index >= 15 is 0 Å². The van der Waals surface area contributed by atoms with Crippen molar-refractivity contribution < 1.29 is 24.9 Å². The number of aliphatic carboxylic acids is 2. The minimum atomic E-state index is -1.23. The molecule has 0 saturated heterocycles. The molecule has 6 nitrogen and oxygen atoms in total. The lowest BCUT2D eigenvalue weighted by molar-refractivity contribution is -0.145. The maximum atomic E-state index is 9.45. The average Bonchev–Trinajstić information content (AvgIpc) is 1.89. The summed E-state index contributed by atoms with van der Waals surface area (Å²) in [5.41, 5.74) is 4.57. The van der Waals surface area contributed by atoms with Crippen LogP contribution in [0, 0.1) is 0 Å². The van der Waals surface area contributed by atoms with E-state index < -0.39 is 18.0 Å². The van der Waals surface area contributed by atoms with Gasteiger partial charge < -0.3 is 21.1 Å². The van der Waals surface area contributed by atoms with Gasteiger partial charge in [0.15, 0.2) is 0 Å². The van der Waals surface area contributed by atoms with Crippen molar-refractivity contribution >= 4 is 24.3 Å². The van der Waals surface area contributed by atoms with Gasteiger partial charge in [-0.1, -0.05) is 0 Å². The number of carboxylic acid groups (broad SMARTS) is 2. The van der Waals surface area contributed by atoms with Crippen molar-refractivity contribution in [3.63, 3.8) is 0 Å². The predicted molar refractivity (Wildman–Crippen MR) is 43.3 cm³/mol. The van der Waals surface area contributed by atoms with Gasteiger partial charge in [0, 0.05) is 0 Å². The van der Waals surface area contributed by atoms with Crippen LogP contribution in [0.2, 0.25) is 0 Å². The number of aliphatic hydroxyl groups excluding tert-OH is 1. The first-order chi connectivity index (χ1) is 4.91. The topological polar surface area (TPSA) is 121 Å². The molecule has 0 aromatic carbocycles. The lowest BCUT2D eigenvalue weighted by Gasteiger charge is -1.89. The third-order valence-corrected chi connectivity index (χ3v) is 0.532. The number of hydrogen-bond acceptors (Lipinski definition) is 4. The van der Waals surface area contributed by atoms with E-state index in [0.29, 0.717) is 0 Å². The summed E-state index contributed by atoms with van der Waals surface area (Å²) in [6, 6.07) is 0. The van der Waals surface area contributed by atoms with E-state index in [1.165, 1.54) is 6.92 Å². The molecule has 0 amide bonds. The minimum Gasteiger partial charge on any atom is -0.480 e. The molecule has 0 bridgehead atoms. The summed E-state index contributed by atoms with van der Waals surface area (Å²) in [6.45, 7) is 0.919. The van der Waals surface area contributed by atoms with E-state index in [2.05, 4.69) is 5.73 Å². The second-order valence-corrected chi connectivity index (χ2v) is 1.61. The smallest absolute Gasteiger partial charge is 0.332 e. The van der Waals surface area contributed by atoms with Gasteiger partial charge in [0.05, 0.1) is 6.54 Å². The Labute approximate surface area is 75.4 Å². The quantitative estimate of drug-likeness (QED) is 0.450. The van der Waals surface area contributed by atoms with Gasteiger partial charge in [-0.2, -0.15) is 0 Å². The molecule has 0 spiro atoms. The maximum absolute atomic E-state index is 9.45. The Balaban J connectivity index is -0.000000126. The molecule has 12 heavy (non-hydrogen) atoms. The first-order valence-corrected chi connectivity index (χ1v) is 2.74. The second-order valence-electron chi connectivity index (χ2n) is 1.61. The number of rotatable bonds is 2. The molecular formula is C5H12ClNO5. The number of aliphatic hydroxyl groups is 1. The molecule has 5 N–H and O–H groups in total. The van der Waals surface area contributed by atoms with Crippen LogP contribution in [0.1, 0.15) is 6.92 Å². The minimum absolute atomic E-state index is 0. The average molecular weight is 202 g/mol. The Morgan fingerprint density at radius 1 is 1.42 bits per heavy atom. The summed E-state index contributed by atoms with van der Waals surface area (Å²) in [5.74, 6) is -2.15. The van der Waals surface area contributed by atoms with Gasteiger partial charge in [0.1, 0.15) is 6.10 Å². The van der Waals surface area contributed by atoms with Crippen LogP contribution in [-0.4, -0.2) is 39.9 Å². The van der Waals surface area contributed by atoms with Crippen molar-refractivity contribution in [1.82, 2.24) is 0 Å². The molecular weight excluding hydrogens is 190 g/mol. The van der Waals surface area contributed by atoms with Crippen LogP contribution in [0.15, 0.2) is 0 Å². The molecule has 74 valence electrons. The van der Waals surface area contributed by atoms with E-state index in [9.17, 15) is 9.59 Å². The molecule has 0 fully saturated rings. The normalized spacial score (nSPS) is 9.92. The van der Waals surface area contributed by atoms with Crippen molar-refractivity contribution in [3.8, 4) is 0 Å². The number of halogens is 1. The van der Waals surface area contributed by atoms with Crippen LogP contribution in [0.4, 0.5) is 0 Å². The van der Waals surface area contributed by atoms with Crippen LogP contribution in [0.5, 0.6) is 0 Å². The molecule has 0 rings (SSSR count). The van der Waals surface area contributed by atoms with E-state index in [1.807, 2.05) is 0 Å². The van der Waals surface area contributed by atoms with E-state index in [4.69, 9.17) is 15.3 Å². The van der Waals surface area contributed by atoms with Crippen LogP contribution >= 0.6 is 12.4 Å². The van der Waals surface area contributed by atoms with Crippen LogP contribution in [0.25, 0.3) is 0 Å². The summed E-state index contributed by atoms with van der Waals surface area (Å²) >= 11 is 0. The van der Waals surface area contributed by atoms with Gasteiger partial charge >= 0.3 is 11.9 Å². The van der Waals surface area contributed by atoms with Crippen LogP contribution in [0.3, 0.4) is 0 Å². The highest BCUT2D eigenvalue weighted by atomic mass is 35.5. The Bertz CT molecular complexity index is 138. The van der Waals surface area contributed by atoms with Gasteiger partial charge in [-0.3, -0.25) is 4.79 Å². The van der Waals surface area contributed by atoms with Crippen LogP contribution < -0.4 is 5.73 Å². The summed E-state index contributed by atoms with van der Waals surface area (Å²) in [4.78, 5) is 18.7. The summed E-state index contributed by atoms with van der Waals surface area (Å²) < 4.78 is 0. The maximum Gasteiger partial charge on any atom is 0.332 e. The van der Waals surface area contributed by atoms with Gasteiger partial charge in [0.25, 0.3) is 0 Å². The fourth-order valence-electron chi connectivity index (χ4n) is 0. The number of hydrogen-bond donors (Lipinski definition) is 4. The third kappa shape index (κ3) is 22.9. The molecule has 0 aliphatic heterocycles. The first-order valence-electron chi connectivity index (χ1n) is 2.74. The first kappa shape index (κ1) is 17.3. The molecule has 0 aromatic rings. The Morgan fingerprint density at radius 2 is 1.58 bits per heavy atom. The molecule has 0 aliphatic rings. The van der Waals surface area contributed by atoms with Crippen molar-refractivity contribution in [2.24, 2.45) is 5.73 Å². The van der Waals surface area contributed by atoms with Gasteiger partial charge in [-0.15, -0.1) is 12.4 Å². The van der Waals surface area contributed by atoms with Gasteiger partial charge in [-0.25, -0.2) is 4.79 Å². The third-order valence-electron chi connectivity index (χ3n) is 0.532. The molecule has 0 aliphatic carbocycles. The standard InChI is InChI=1S/C3H6O3.C2H5NO2.ClH/c1-2(4)3(5)6;3-1-2(4)5;/h2,4H,1H3,(H,5,6);1,3H2,(H,4,5);1H. The largest absolute Gasteiger partial charge is 0.480 e. The number of carboxylic acids is 2. The number of carbonyl (C=O) groups is 2. The lowest BCUT2D eigenvalue weighted by atomic mass is 10.4. The fraction of sp³-hybridized carbons (Fsp3) is 0.600. The monoisotopic (exact) mass is 201 g/mol. The Morgan fingerprint density at radius 3 is 1.58 bits per heavy atom. The molecule has 0 aromatic heterocycles. The zero-order valence-corrected chi connectivity index (χ0v) is 7.24.